The topological polar surface area (TPSA) is 37.3 Å². The molecule has 0 aliphatic rings. The Bertz CT molecular complexity index is 321. The fourth-order valence-electron chi connectivity index (χ4n) is 1.18. The van der Waals surface area contributed by atoms with Gasteiger partial charge in [0.05, 0.1) is 10.6 Å². The molecule has 1 aromatic carbocycles. The first-order chi connectivity index (χ1) is 6.15. The highest BCUT2D eigenvalue weighted by Crippen LogP contribution is 2.18. The Morgan fingerprint density at radius 1 is 1.54 bits per heavy atom. The van der Waals surface area contributed by atoms with Crippen molar-refractivity contribution in [2.45, 2.75) is 19.8 Å². The first-order valence-electron chi connectivity index (χ1n) is 4.17. The van der Waals surface area contributed by atoms with Crippen LogP contribution >= 0.6 is 11.6 Å². The molecule has 0 atom stereocenters. The smallest absolute Gasteiger partial charge is 0.337 e. The molecule has 70 valence electrons. The molecule has 0 aliphatic heterocycles. The molecule has 0 heterocycles. The lowest BCUT2D eigenvalue weighted by molar-refractivity contribution is 0.0697. The highest BCUT2D eigenvalue weighted by atomic mass is 35.5. The summed E-state index contributed by atoms with van der Waals surface area (Å²) < 4.78 is 0. The molecule has 1 rings (SSSR count). The third kappa shape index (κ3) is 2.46. The standard InChI is InChI=1S/C10H11ClO2/c1-2-3-7-4-5-8(10(12)13)9(11)6-7/h4-6H,2-3H2,1H3,(H,12,13). The van der Waals surface area contributed by atoms with Crippen LogP contribution in [-0.2, 0) is 6.42 Å². The Morgan fingerprint density at radius 3 is 2.69 bits per heavy atom. The van der Waals surface area contributed by atoms with Crippen LogP contribution in [0.5, 0.6) is 0 Å². The molecular formula is C10H11ClO2. The summed E-state index contributed by atoms with van der Waals surface area (Å²) >= 11 is 5.78. The summed E-state index contributed by atoms with van der Waals surface area (Å²) in [4.78, 5) is 10.6. The second-order valence-electron chi connectivity index (χ2n) is 2.87. The lowest BCUT2D eigenvalue weighted by Crippen LogP contribution is -1.97. The molecular weight excluding hydrogens is 188 g/mol. The predicted molar refractivity (Wildman–Crippen MR) is 52.4 cm³/mol. The molecule has 0 spiro atoms. The van der Waals surface area contributed by atoms with Crippen molar-refractivity contribution >= 4 is 17.6 Å². The van der Waals surface area contributed by atoms with Gasteiger partial charge in [0, 0.05) is 0 Å². The quantitative estimate of drug-likeness (QED) is 0.811. The van der Waals surface area contributed by atoms with E-state index in [-0.39, 0.29) is 5.56 Å². The fraction of sp³-hybridized carbons (Fsp3) is 0.300. The Hall–Kier alpha value is -1.02. The predicted octanol–water partition coefficient (Wildman–Crippen LogP) is 2.99. The molecule has 0 bridgehead atoms. The lowest BCUT2D eigenvalue weighted by atomic mass is 10.1. The SMILES string of the molecule is CCCc1ccc(C(=O)O)c(Cl)c1. The Kier molecular flexibility index (Phi) is 3.32. The van der Waals surface area contributed by atoms with Crippen LogP contribution in [0.25, 0.3) is 0 Å². The van der Waals surface area contributed by atoms with Gasteiger partial charge in [-0.15, -0.1) is 0 Å². The van der Waals surface area contributed by atoms with Crippen LogP contribution in [-0.4, -0.2) is 11.1 Å². The van der Waals surface area contributed by atoms with Crippen molar-refractivity contribution in [3.8, 4) is 0 Å². The van der Waals surface area contributed by atoms with Gasteiger partial charge >= 0.3 is 5.97 Å². The fourth-order valence-corrected chi connectivity index (χ4v) is 1.46. The minimum atomic E-state index is -0.979. The number of carboxylic acid groups (broad SMARTS) is 1. The van der Waals surface area contributed by atoms with E-state index in [2.05, 4.69) is 6.92 Å². The Balaban J connectivity index is 2.98. The van der Waals surface area contributed by atoms with Gasteiger partial charge in [-0.3, -0.25) is 0 Å². The number of halogens is 1. The summed E-state index contributed by atoms with van der Waals surface area (Å²) in [7, 11) is 0. The number of aromatic carboxylic acids is 1. The Labute approximate surface area is 82.2 Å². The molecule has 0 radical (unpaired) electrons. The van der Waals surface area contributed by atoms with Crippen molar-refractivity contribution < 1.29 is 9.90 Å². The first kappa shape index (κ1) is 10.1. The molecule has 3 heteroatoms. The van der Waals surface area contributed by atoms with E-state index in [1.54, 1.807) is 18.2 Å². The minimum Gasteiger partial charge on any atom is -0.478 e. The zero-order chi connectivity index (χ0) is 9.84. The summed E-state index contributed by atoms with van der Waals surface area (Å²) in [5.41, 5.74) is 1.25. The number of aryl methyl sites for hydroxylation is 1. The second-order valence-corrected chi connectivity index (χ2v) is 3.28. The molecule has 1 aromatic rings. The van der Waals surface area contributed by atoms with Gasteiger partial charge in [0.1, 0.15) is 0 Å². The second kappa shape index (κ2) is 4.28. The van der Waals surface area contributed by atoms with Crippen molar-refractivity contribution in [2.75, 3.05) is 0 Å². The minimum absolute atomic E-state index is 0.168. The van der Waals surface area contributed by atoms with Crippen LogP contribution in [0, 0.1) is 0 Å². The van der Waals surface area contributed by atoms with Gasteiger partial charge in [-0.05, 0) is 24.1 Å². The van der Waals surface area contributed by atoms with Gasteiger partial charge in [0.25, 0.3) is 0 Å². The summed E-state index contributed by atoms with van der Waals surface area (Å²) in [6.07, 6.45) is 1.96. The zero-order valence-corrected chi connectivity index (χ0v) is 8.14. The number of hydrogen-bond acceptors (Lipinski definition) is 1. The van der Waals surface area contributed by atoms with Crippen LogP contribution < -0.4 is 0 Å². The van der Waals surface area contributed by atoms with Crippen molar-refractivity contribution in [2.24, 2.45) is 0 Å². The van der Waals surface area contributed by atoms with Crippen LogP contribution in [0.2, 0.25) is 5.02 Å². The average molecular weight is 199 g/mol. The van der Waals surface area contributed by atoms with E-state index in [4.69, 9.17) is 16.7 Å². The lowest BCUT2D eigenvalue weighted by Gasteiger charge is -2.02. The summed E-state index contributed by atoms with van der Waals surface area (Å²) in [6.45, 7) is 2.07. The van der Waals surface area contributed by atoms with Crippen molar-refractivity contribution in [3.05, 3.63) is 34.3 Å². The summed E-state index contributed by atoms with van der Waals surface area (Å²) in [5.74, 6) is -0.979. The van der Waals surface area contributed by atoms with Gasteiger partial charge in [0.15, 0.2) is 0 Å². The molecule has 0 aliphatic carbocycles. The number of carbonyl (C=O) groups is 1. The number of carboxylic acids is 1. The first-order valence-corrected chi connectivity index (χ1v) is 4.54. The van der Waals surface area contributed by atoms with E-state index >= 15 is 0 Å². The molecule has 0 unspecified atom stereocenters. The van der Waals surface area contributed by atoms with Crippen LogP contribution in [0.15, 0.2) is 18.2 Å². The highest BCUT2D eigenvalue weighted by Gasteiger charge is 2.07. The molecule has 0 saturated heterocycles. The normalized spacial score (nSPS) is 10.0. The van der Waals surface area contributed by atoms with Crippen LogP contribution in [0.3, 0.4) is 0 Å². The van der Waals surface area contributed by atoms with E-state index in [0.29, 0.717) is 5.02 Å². The zero-order valence-electron chi connectivity index (χ0n) is 7.38. The van der Waals surface area contributed by atoms with Gasteiger partial charge in [-0.25, -0.2) is 4.79 Å². The third-order valence-corrected chi connectivity index (χ3v) is 2.12. The van der Waals surface area contributed by atoms with Crippen molar-refractivity contribution in [3.63, 3.8) is 0 Å². The van der Waals surface area contributed by atoms with E-state index in [1.165, 1.54) is 0 Å². The number of hydrogen-bond donors (Lipinski definition) is 1. The van der Waals surface area contributed by atoms with Crippen LogP contribution in [0.4, 0.5) is 0 Å². The molecule has 13 heavy (non-hydrogen) atoms. The summed E-state index contributed by atoms with van der Waals surface area (Å²) in [6, 6.07) is 5.07. The average Bonchev–Trinajstić information content (AvgIpc) is 2.04. The maximum absolute atomic E-state index is 10.6. The molecule has 0 fully saturated rings. The van der Waals surface area contributed by atoms with Crippen molar-refractivity contribution in [1.29, 1.82) is 0 Å². The molecule has 0 saturated carbocycles. The Morgan fingerprint density at radius 2 is 2.23 bits per heavy atom. The number of rotatable bonds is 3. The van der Waals surface area contributed by atoms with Crippen molar-refractivity contribution in [1.82, 2.24) is 0 Å². The molecule has 0 aromatic heterocycles. The molecule has 0 amide bonds. The third-order valence-electron chi connectivity index (χ3n) is 1.80. The van der Waals surface area contributed by atoms with Gasteiger partial charge in [-0.1, -0.05) is 31.0 Å². The molecule has 1 N–H and O–H groups in total. The van der Waals surface area contributed by atoms with Gasteiger partial charge in [-0.2, -0.15) is 0 Å². The van der Waals surface area contributed by atoms with E-state index < -0.39 is 5.97 Å². The van der Waals surface area contributed by atoms with E-state index in [9.17, 15) is 4.79 Å². The van der Waals surface area contributed by atoms with E-state index in [1.807, 2.05) is 0 Å². The maximum Gasteiger partial charge on any atom is 0.337 e. The largest absolute Gasteiger partial charge is 0.478 e. The summed E-state index contributed by atoms with van der Waals surface area (Å²) in [5, 5.41) is 9.02. The van der Waals surface area contributed by atoms with E-state index in [0.717, 1.165) is 18.4 Å². The molecule has 2 nitrogen and oxygen atoms in total. The van der Waals surface area contributed by atoms with Gasteiger partial charge in [0.2, 0.25) is 0 Å². The van der Waals surface area contributed by atoms with Crippen LogP contribution in [0.1, 0.15) is 29.3 Å². The maximum atomic E-state index is 10.6. The number of benzene rings is 1. The monoisotopic (exact) mass is 198 g/mol. The highest BCUT2D eigenvalue weighted by molar-refractivity contribution is 6.33. The van der Waals surface area contributed by atoms with Gasteiger partial charge < -0.3 is 5.11 Å².